The lowest BCUT2D eigenvalue weighted by Gasteiger charge is -2.14. The topological polar surface area (TPSA) is 64.2 Å². The smallest absolute Gasteiger partial charge is 0.266 e. The molecular formula is C20H13N5O. The van der Waals surface area contributed by atoms with Crippen molar-refractivity contribution in [3.8, 4) is 5.69 Å². The Morgan fingerprint density at radius 1 is 1.00 bits per heavy atom. The molecule has 26 heavy (non-hydrogen) atoms. The third-order valence-corrected chi connectivity index (χ3v) is 3.90. The molecular weight excluding hydrogens is 326 g/mol. The Balaban J connectivity index is 2.00. The molecule has 0 bridgehead atoms. The highest BCUT2D eigenvalue weighted by Crippen LogP contribution is 2.22. The molecule has 2 aromatic carbocycles. The minimum Gasteiger partial charge on any atom is -0.310 e. The van der Waals surface area contributed by atoms with Crippen LogP contribution in [0.3, 0.4) is 0 Å². The van der Waals surface area contributed by atoms with Crippen LogP contribution in [0, 0.1) is 6.57 Å². The largest absolute Gasteiger partial charge is 0.310 e. The molecule has 4 aromatic rings. The number of pyridine rings is 1. The van der Waals surface area contributed by atoms with Gasteiger partial charge in [0.15, 0.2) is 5.69 Å². The van der Waals surface area contributed by atoms with Crippen molar-refractivity contribution in [1.29, 1.82) is 0 Å². The number of nitrogens with one attached hydrogen (secondary N) is 1. The molecule has 0 amide bonds. The molecule has 0 unspecified atom stereocenters. The van der Waals surface area contributed by atoms with Crippen molar-refractivity contribution >= 4 is 28.4 Å². The van der Waals surface area contributed by atoms with E-state index in [0.29, 0.717) is 34.0 Å². The van der Waals surface area contributed by atoms with Crippen LogP contribution in [0.4, 0.5) is 17.5 Å². The zero-order chi connectivity index (χ0) is 17.9. The van der Waals surface area contributed by atoms with Crippen molar-refractivity contribution in [1.82, 2.24) is 14.5 Å². The summed E-state index contributed by atoms with van der Waals surface area (Å²) in [4.78, 5) is 25.4. The van der Waals surface area contributed by atoms with Gasteiger partial charge in [-0.25, -0.2) is 19.4 Å². The second-order valence-corrected chi connectivity index (χ2v) is 5.56. The Hall–Kier alpha value is -3.98. The van der Waals surface area contributed by atoms with Gasteiger partial charge in [0.1, 0.15) is 5.82 Å². The normalized spacial score (nSPS) is 10.4. The van der Waals surface area contributed by atoms with Crippen LogP contribution >= 0.6 is 0 Å². The fourth-order valence-electron chi connectivity index (χ4n) is 2.69. The monoisotopic (exact) mass is 339 g/mol. The van der Waals surface area contributed by atoms with E-state index in [9.17, 15) is 4.79 Å². The first-order valence-electron chi connectivity index (χ1n) is 7.94. The molecule has 2 heterocycles. The maximum Gasteiger partial charge on any atom is 0.266 e. The molecule has 0 aliphatic carbocycles. The number of fused-ring (bicyclic) bond motifs is 1. The van der Waals surface area contributed by atoms with E-state index in [0.717, 1.165) is 0 Å². The van der Waals surface area contributed by atoms with E-state index < -0.39 is 0 Å². The summed E-state index contributed by atoms with van der Waals surface area (Å²) in [6.45, 7) is 7.17. The Labute approximate surface area is 149 Å². The summed E-state index contributed by atoms with van der Waals surface area (Å²) >= 11 is 0. The standard InChI is InChI=1S/C20H13N5O/c1-21-14-10-11-17-16(13-14)19(26)25(15-7-3-2-4-8-15)20(23-17)24-18-9-5-6-12-22-18/h2-13H,(H,22,23,24). The molecule has 1 N–H and O–H groups in total. The molecule has 0 aliphatic rings. The van der Waals surface area contributed by atoms with Crippen LogP contribution in [0.2, 0.25) is 0 Å². The first-order chi connectivity index (χ1) is 12.8. The van der Waals surface area contributed by atoms with Gasteiger partial charge in [0.25, 0.3) is 5.56 Å². The van der Waals surface area contributed by atoms with Crippen molar-refractivity contribution in [2.24, 2.45) is 0 Å². The number of hydrogen-bond donors (Lipinski definition) is 1. The average molecular weight is 339 g/mol. The highest BCUT2D eigenvalue weighted by atomic mass is 16.1. The lowest BCUT2D eigenvalue weighted by Crippen LogP contribution is -2.22. The van der Waals surface area contributed by atoms with E-state index in [1.165, 1.54) is 4.57 Å². The van der Waals surface area contributed by atoms with Crippen molar-refractivity contribution < 1.29 is 0 Å². The zero-order valence-corrected chi connectivity index (χ0v) is 13.6. The molecule has 6 heteroatoms. The van der Waals surface area contributed by atoms with Gasteiger partial charge in [-0.1, -0.05) is 30.3 Å². The Morgan fingerprint density at radius 2 is 1.81 bits per heavy atom. The molecule has 0 radical (unpaired) electrons. The van der Waals surface area contributed by atoms with Gasteiger partial charge in [-0.3, -0.25) is 4.79 Å². The maximum atomic E-state index is 13.2. The van der Waals surface area contributed by atoms with Crippen LogP contribution in [-0.4, -0.2) is 14.5 Å². The first kappa shape index (κ1) is 15.5. The lowest BCUT2D eigenvalue weighted by molar-refractivity contribution is 0.971. The predicted molar refractivity (Wildman–Crippen MR) is 101 cm³/mol. The Morgan fingerprint density at radius 3 is 2.54 bits per heavy atom. The summed E-state index contributed by atoms with van der Waals surface area (Å²) in [6.07, 6.45) is 1.66. The lowest BCUT2D eigenvalue weighted by atomic mass is 10.2. The van der Waals surface area contributed by atoms with Crippen molar-refractivity contribution in [2.75, 3.05) is 5.32 Å². The van der Waals surface area contributed by atoms with Crippen LogP contribution in [0.1, 0.15) is 0 Å². The van der Waals surface area contributed by atoms with Crippen LogP contribution in [0.15, 0.2) is 77.7 Å². The van der Waals surface area contributed by atoms with Gasteiger partial charge in [-0.05, 0) is 36.4 Å². The minimum atomic E-state index is -0.245. The van der Waals surface area contributed by atoms with Gasteiger partial charge in [0.2, 0.25) is 5.95 Å². The van der Waals surface area contributed by atoms with E-state index in [4.69, 9.17) is 6.57 Å². The van der Waals surface area contributed by atoms with E-state index in [1.54, 1.807) is 30.5 Å². The fraction of sp³-hybridized carbons (Fsp3) is 0. The number of anilines is 2. The molecule has 0 fully saturated rings. The maximum absolute atomic E-state index is 13.2. The minimum absolute atomic E-state index is 0.245. The van der Waals surface area contributed by atoms with Gasteiger partial charge >= 0.3 is 0 Å². The average Bonchev–Trinajstić information content (AvgIpc) is 2.69. The summed E-state index contributed by atoms with van der Waals surface area (Å²) in [5.74, 6) is 0.948. The number of rotatable bonds is 3. The zero-order valence-electron chi connectivity index (χ0n) is 13.6. The van der Waals surface area contributed by atoms with Crippen molar-refractivity contribution in [3.63, 3.8) is 0 Å². The molecule has 0 atom stereocenters. The summed E-state index contributed by atoms with van der Waals surface area (Å²) < 4.78 is 1.49. The summed E-state index contributed by atoms with van der Waals surface area (Å²) in [5.41, 5.74) is 1.36. The predicted octanol–water partition coefficient (Wildman–Crippen LogP) is 4.08. The van der Waals surface area contributed by atoms with Crippen LogP contribution in [-0.2, 0) is 0 Å². The van der Waals surface area contributed by atoms with E-state index >= 15 is 0 Å². The van der Waals surface area contributed by atoms with E-state index in [-0.39, 0.29) is 5.56 Å². The third kappa shape index (κ3) is 2.78. The van der Waals surface area contributed by atoms with Crippen LogP contribution < -0.4 is 10.9 Å². The molecule has 6 nitrogen and oxygen atoms in total. The summed E-state index contributed by atoms with van der Waals surface area (Å²) in [7, 11) is 0. The Kier molecular flexibility index (Phi) is 3.88. The molecule has 0 saturated carbocycles. The van der Waals surface area contributed by atoms with Gasteiger partial charge in [0.05, 0.1) is 23.2 Å². The molecule has 4 rings (SSSR count). The van der Waals surface area contributed by atoms with Crippen molar-refractivity contribution in [3.05, 3.63) is 94.7 Å². The van der Waals surface area contributed by atoms with Gasteiger partial charge in [-0.2, -0.15) is 0 Å². The number of hydrogen-bond acceptors (Lipinski definition) is 4. The number of benzene rings is 2. The van der Waals surface area contributed by atoms with Crippen LogP contribution in [0.5, 0.6) is 0 Å². The summed E-state index contributed by atoms with van der Waals surface area (Å²) in [5, 5.41) is 3.51. The molecule has 124 valence electrons. The summed E-state index contributed by atoms with van der Waals surface area (Å²) in [6, 6.07) is 19.6. The molecule has 0 saturated heterocycles. The highest BCUT2D eigenvalue weighted by Gasteiger charge is 2.13. The number of aromatic nitrogens is 3. The Bertz CT molecular complexity index is 1180. The first-order valence-corrected chi connectivity index (χ1v) is 7.94. The molecule has 0 spiro atoms. The third-order valence-electron chi connectivity index (χ3n) is 3.90. The fourth-order valence-corrected chi connectivity index (χ4v) is 2.69. The van der Waals surface area contributed by atoms with E-state index in [2.05, 4.69) is 20.1 Å². The molecule has 2 aromatic heterocycles. The van der Waals surface area contributed by atoms with Crippen LogP contribution in [0.25, 0.3) is 21.4 Å². The van der Waals surface area contributed by atoms with Crippen molar-refractivity contribution in [2.45, 2.75) is 0 Å². The second kappa shape index (κ2) is 6.49. The quantitative estimate of drug-likeness (QED) is 0.571. The van der Waals surface area contributed by atoms with Gasteiger partial charge in [0, 0.05) is 6.20 Å². The van der Waals surface area contributed by atoms with Gasteiger partial charge < -0.3 is 5.32 Å². The van der Waals surface area contributed by atoms with E-state index in [1.807, 2.05) is 42.5 Å². The number of nitrogens with zero attached hydrogens (tertiary/aromatic N) is 4. The SMILES string of the molecule is [C-]#[N+]c1ccc2nc(Nc3ccccn3)n(-c3ccccc3)c(=O)c2c1. The highest BCUT2D eigenvalue weighted by molar-refractivity contribution is 5.83. The molecule has 0 aliphatic heterocycles. The number of para-hydroxylation sites is 1. The second-order valence-electron chi connectivity index (χ2n) is 5.56. The van der Waals surface area contributed by atoms with Gasteiger partial charge in [-0.15, -0.1) is 0 Å².